The molecule has 1 saturated carbocycles. The van der Waals surface area contributed by atoms with Gasteiger partial charge in [0.1, 0.15) is 0 Å². The molecule has 0 amide bonds. The SMILES string of the molecule is C/C(=C1/CCC(C)CC1=O)[Si](C)(C)C. The van der Waals surface area contributed by atoms with Crippen molar-refractivity contribution < 1.29 is 4.79 Å². The zero-order valence-corrected chi connectivity index (χ0v) is 11.1. The van der Waals surface area contributed by atoms with E-state index in [9.17, 15) is 4.79 Å². The van der Waals surface area contributed by atoms with Crippen LogP contribution in [0.25, 0.3) is 0 Å². The van der Waals surface area contributed by atoms with Crippen LogP contribution in [0.5, 0.6) is 0 Å². The lowest BCUT2D eigenvalue weighted by molar-refractivity contribution is -0.117. The second kappa shape index (κ2) is 4.01. The summed E-state index contributed by atoms with van der Waals surface area (Å²) in [5, 5.41) is 1.43. The second-order valence-electron chi connectivity index (χ2n) is 5.62. The molecule has 0 radical (unpaired) electrons. The van der Waals surface area contributed by atoms with Gasteiger partial charge in [-0.05, 0) is 31.3 Å². The van der Waals surface area contributed by atoms with Crippen LogP contribution in [0.15, 0.2) is 10.8 Å². The number of carbonyl (C=O) groups excluding carboxylic acids is 1. The first-order valence-electron chi connectivity index (χ1n) is 5.56. The number of carbonyl (C=O) groups is 1. The molecule has 1 aliphatic carbocycles. The topological polar surface area (TPSA) is 17.1 Å². The van der Waals surface area contributed by atoms with Crippen LogP contribution in [0, 0.1) is 5.92 Å². The van der Waals surface area contributed by atoms with Crippen molar-refractivity contribution in [1.82, 2.24) is 0 Å². The Morgan fingerprint density at radius 3 is 2.36 bits per heavy atom. The molecule has 0 bridgehead atoms. The predicted molar refractivity (Wildman–Crippen MR) is 64.1 cm³/mol. The van der Waals surface area contributed by atoms with Gasteiger partial charge in [-0.3, -0.25) is 4.79 Å². The van der Waals surface area contributed by atoms with Gasteiger partial charge in [-0.15, -0.1) is 0 Å². The summed E-state index contributed by atoms with van der Waals surface area (Å²) in [5.74, 6) is 1.02. The van der Waals surface area contributed by atoms with E-state index >= 15 is 0 Å². The lowest BCUT2D eigenvalue weighted by atomic mass is 9.86. The molecule has 0 aromatic rings. The van der Waals surface area contributed by atoms with Crippen molar-refractivity contribution in [3.05, 3.63) is 10.8 Å². The average molecular weight is 210 g/mol. The average Bonchev–Trinajstić information content (AvgIpc) is 2.01. The fourth-order valence-electron chi connectivity index (χ4n) is 1.92. The van der Waals surface area contributed by atoms with Crippen LogP contribution in [0.3, 0.4) is 0 Å². The van der Waals surface area contributed by atoms with E-state index < -0.39 is 8.07 Å². The largest absolute Gasteiger partial charge is 0.295 e. The van der Waals surface area contributed by atoms with E-state index in [1.165, 1.54) is 17.2 Å². The third kappa shape index (κ3) is 2.56. The van der Waals surface area contributed by atoms with Crippen molar-refractivity contribution in [3.63, 3.8) is 0 Å². The fourth-order valence-corrected chi connectivity index (χ4v) is 3.09. The van der Waals surface area contributed by atoms with Gasteiger partial charge in [-0.25, -0.2) is 0 Å². The molecule has 1 rings (SSSR count). The van der Waals surface area contributed by atoms with Crippen LogP contribution in [0.1, 0.15) is 33.1 Å². The summed E-state index contributed by atoms with van der Waals surface area (Å²) in [5.41, 5.74) is 1.17. The van der Waals surface area contributed by atoms with Crippen molar-refractivity contribution in [2.24, 2.45) is 5.92 Å². The van der Waals surface area contributed by atoms with Gasteiger partial charge in [0.05, 0.1) is 8.07 Å². The molecule has 80 valence electrons. The van der Waals surface area contributed by atoms with Gasteiger partial charge >= 0.3 is 0 Å². The molecule has 1 nitrogen and oxygen atoms in total. The van der Waals surface area contributed by atoms with Crippen molar-refractivity contribution in [1.29, 1.82) is 0 Å². The van der Waals surface area contributed by atoms with E-state index in [0.717, 1.165) is 12.8 Å². The van der Waals surface area contributed by atoms with E-state index in [1.807, 2.05) is 0 Å². The Balaban J connectivity index is 2.93. The number of rotatable bonds is 1. The Bertz CT molecular complexity index is 271. The molecular weight excluding hydrogens is 188 g/mol. The van der Waals surface area contributed by atoms with E-state index in [-0.39, 0.29) is 0 Å². The van der Waals surface area contributed by atoms with Crippen LogP contribution in [0.2, 0.25) is 19.6 Å². The summed E-state index contributed by atoms with van der Waals surface area (Å²) in [6, 6.07) is 0. The maximum Gasteiger partial charge on any atom is 0.158 e. The standard InChI is InChI=1S/C12H22OSi/c1-9-6-7-11(12(13)8-9)10(2)14(3,4)5/h9H,6-8H2,1-5H3/b11-10+. The Kier molecular flexibility index (Phi) is 3.35. The highest BCUT2D eigenvalue weighted by atomic mass is 28.3. The van der Waals surface area contributed by atoms with Crippen molar-refractivity contribution >= 4 is 13.9 Å². The lowest BCUT2D eigenvalue weighted by Crippen LogP contribution is -2.27. The summed E-state index contributed by atoms with van der Waals surface area (Å²) in [6.45, 7) is 11.3. The van der Waals surface area contributed by atoms with Crippen molar-refractivity contribution in [2.75, 3.05) is 0 Å². The summed E-state index contributed by atoms with van der Waals surface area (Å²) in [6.07, 6.45) is 3.00. The molecule has 1 fully saturated rings. The highest BCUT2D eigenvalue weighted by molar-refractivity contribution is 6.83. The minimum atomic E-state index is -1.25. The van der Waals surface area contributed by atoms with Gasteiger partial charge in [0, 0.05) is 6.42 Å². The Hall–Kier alpha value is -0.373. The number of ketones is 1. The molecule has 0 aliphatic heterocycles. The molecule has 0 spiro atoms. The predicted octanol–water partition coefficient (Wildman–Crippen LogP) is 3.57. The number of Topliss-reactive ketones (excluding diaryl/α,β-unsaturated/α-hetero) is 1. The van der Waals surface area contributed by atoms with Gasteiger partial charge in [0.2, 0.25) is 0 Å². The van der Waals surface area contributed by atoms with Gasteiger partial charge in [0.25, 0.3) is 0 Å². The molecule has 0 saturated heterocycles. The number of hydrogen-bond donors (Lipinski definition) is 0. The first kappa shape index (κ1) is 11.7. The summed E-state index contributed by atoms with van der Waals surface area (Å²) < 4.78 is 0. The van der Waals surface area contributed by atoms with Gasteiger partial charge in [-0.2, -0.15) is 0 Å². The number of hydrogen-bond acceptors (Lipinski definition) is 1. The molecule has 0 heterocycles. The molecular formula is C12H22OSi. The zero-order valence-electron chi connectivity index (χ0n) is 10.1. The Morgan fingerprint density at radius 1 is 1.36 bits per heavy atom. The van der Waals surface area contributed by atoms with E-state index in [4.69, 9.17) is 0 Å². The second-order valence-corrected chi connectivity index (χ2v) is 10.9. The van der Waals surface area contributed by atoms with Gasteiger partial charge < -0.3 is 0 Å². The van der Waals surface area contributed by atoms with E-state index in [1.54, 1.807) is 0 Å². The minimum Gasteiger partial charge on any atom is -0.295 e. The highest BCUT2D eigenvalue weighted by Crippen LogP contribution is 2.30. The quantitative estimate of drug-likeness (QED) is 0.478. The molecule has 0 aromatic carbocycles. The minimum absolute atomic E-state index is 0.420. The zero-order chi connectivity index (χ0) is 10.9. The van der Waals surface area contributed by atoms with E-state index in [0.29, 0.717) is 11.7 Å². The molecule has 1 aliphatic rings. The Labute approximate surface area is 88.6 Å². The summed E-state index contributed by atoms with van der Waals surface area (Å²) in [4.78, 5) is 11.9. The molecule has 2 heteroatoms. The van der Waals surface area contributed by atoms with Crippen LogP contribution >= 0.6 is 0 Å². The van der Waals surface area contributed by atoms with Gasteiger partial charge in [-0.1, -0.05) is 31.8 Å². The normalized spacial score (nSPS) is 27.8. The summed E-state index contributed by atoms with van der Waals surface area (Å²) in [7, 11) is -1.25. The first-order chi connectivity index (χ1) is 6.32. The van der Waals surface area contributed by atoms with Crippen LogP contribution in [-0.2, 0) is 4.79 Å². The third-order valence-electron chi connectivity index (χ3n) is 3.34. The van der Waals surface area contributed by atoms with Crippen molar-refractivity contribution in [2.45, 2.75) is 52.8 Å². The fraction of sp³-hybridized carbons (Fsp3) is 0.750. The van der Waals surface area contributed by atoms with E-state index in [2.05, 4.69) is 33.5 Å². The maximum absolute atomic E-state index is 11.9. The van der Waals surface area contributed by atoms with Gasteiger partial charge in [0.15, 0.2) is 5.78 Å². The monoisotopic (exact) mass is 210 g/mol. The smallest absolute Gasteiger partial charge is 0.158 e. The molecule has 0 aromatic heterocycles. The van der Waals surface area contributed by atoms with Crippen LogP contribution in [0.4, 0.5) is 0 Å². The van der Waals surface area contributed by atoms with Crippen molar-refractivity contribution in [3.8, 4) is 0 Å². The number of allylic oxidation sites excluding steroid dienone is 2. The molecule has 1 atom stereocenters. The highest BCUT2D eigenvalue weighted by Gasteiger charge is 2.26. The maximum atomic E-state index is 11.9. The third-order valence-corrected chi connectivity index (χ3v) is 5.89. The lowest BCUT2D eigenvalue weighted by Gasteiger charge is -2.26. The first-order valence-corrected chi connectivity index (χ1v) is 9.06. The summed E-state index contributed by atoms with van der Waals surface area (Å²) >= 11 is 0. The molecule has 0 N–H and O–H groups in total. The van der Waals surface area contributed by atoms with Crippen LogP contribution < -0.4 is 0 Å². The Morgan fingerprint density at radius 2 is 1.93 bits per heavy atom. The molecule has 1 unspecified atom stereocenters. The van der Waals surface area contributed by atoms with Crippen LogP contribution in [-0.4, -0.2) is 13.9 Å². The molecule has 14 heavy (non-hydrogen) atoms.